The number of amides is 1. The first kappa shape index (κ1) is 13.9. The third-order valence-electron chi connectivity index (χ3n) is 2.11. The molecule has 0 aliphatic carbocycles. The van der Waals surface area contributed by atoms with Gasteiger partial charge in [-0.1, -0.05) is 12.0 Å². The Hall–Kier alpha value is -2.15. The van der Waals surface area contributed by atoms with Crippen molar-refractivity contribution in [2.75, 3.05) is 5.73 Å². The Morgan fingerprint density at radius 3 is 2.72 bits per heavy atom. The number of alkyl carbamates (subject to hydrolysis) is 1. The highest BCUT2D eigenvalue weighted by atomic mass is 16.6. The first-order valence-corrected chi connectivity index (χ1v) is 5.63. The van der Waals surface area contributed by atoms with Gasteiger partial charge in [-0.2, -0.15) is 0 Å². The lowest BCUT2D eigenvalue weighted by atomic mass is 10.1. The van der Waals surface area contributed by atoms with Crippen LogP contribution in [0.5, 0.6) is 0 Å². The van der Waals surface area contributed by atoms with E-state index in [2.05, 4.69) is 11.2 Å². The molecule has 0 spiro atoms. The van der Waals surface area contributed by atoms with Crippen molar-refractivity contribution in [3.05, 3.63) is 29.3 Å². The van der Waals surface area contributed by atoms with Gasteiger partial charge in [-0.15, -0.1) is 6.42 Å². The Balaban J connectivity index is 2.60. The molecule has 1 rings (SSSR count). The van der Waals surface area contributed by atoms with Crippen molar-refractivity contribution < 1.29 is 9.53 Å². The molecule has 0 atom stereocenters. The van der Waals surface area contributed by atoms with Crippen LogP contribution in [0.4, 0.5) is 10.5 Å². The van der Waals surface area contributed by atoms with Crippen LogP contribution < -0.4 is 11.1 Å². The molecule has 0 radical (unpaired) electrons. The first-order valence-electron chi connectivity index (χ1n) is 5.63. The van der Waals surface area contributed by atoms with Gasteiger partial charge in [-0.05, 0) is 38.5 Å². The molecule has 0 aromatic heterocycles. The number of nitrogens with two attached hydrogens (primary N) is 1. The average Bonchev–Trinajstić information content (AvgIpc) is 2.25. The summed E-state index contributed by atoms with van der Waals surface area (Å²) in [5, 5.41) is 2.66. The van der Waals surface area contributed by atoms with Gasteiger partial charge in [-0.25, -0.2) is 4.79 Å². The number of carbonyl (C=O) groups is 1. The molecular formula is C14H18N2O2. The highest BCUT2D eigenvalue weighted by Crippen LogP contribution is 2.13. The van der Waals surface area contributed by atoms with Crippen molar-refractivity contribution in [1.29, 1.82) is 0 Å². The van der Waals surface area contributed by atoms with Gasteiger partial charge in [0.05, 0.1) is 0 Å². The van der Waals surface area contributed by atoms with Crippen LogP contribution >= 0.6 is 0 Å². The Kier molecular flexibility index (Phi) is 4.22. The molecule has 0 saturated carbocycles. The van der Waals surface area contributed by atoms with E-state index in [9.17, 15) is 4.79 Å². The van der Waals surface area contributed by atoms with E-state index in [0.717, 1.165) is 5.56 Å². The number of ether oxygens (including phenoxy) is 1. The Bertz CT molecular complexity index is 482. The van der Waals surface area contributed by atoms with Gasteiger partial charge in [-0.3, -0.25) is 0 Å². The van der Waals surface area contributed by atoms with Crippen molar-refractivity contribution in [2.45, 2.75) is 32.9 Å². The third-order valence-corrected chi connectivity index (χ3v) is 2.11. The zero-order valence-corrected chi connectivity index (χ0v) is 10.9. The quantitative estimate of drug-likeness (QED) is 0.621. The molecular weight excluding hydrogens is 228 g/mol. The van der Waals surface area contributed by atoms with E-state index in [1.165, 1.54) is 0 Å². The van der Waals surface area contributed by atoms with Gasteiger partial charge >= 0.3 is 6.09 Å². The van der Waals surface area contributed by atoms with E-state index in [-0.39, 0.29) is 0 Å². The van der Waals surface area contributed by atoms with Crippen molar-refractivity contribution in [3.8, 4) is 12.3 Å². The number of terminal acetylenes is 1. The molecule has 1 amide bonds. The molecule has 0 unspecified atom stereocenters. The lowest BCUT2D eigenvalue weighted by molar-refractivity contribution is 0.0523. The van der Waals surface area contributed by atoms with Gasteiger partial charge in [0, 0.05) is 17.8 Å². The van der Waals surface area contributed by atoms with Crippen LogP contribution in [0.25, 0.3) is 0 Å². The SMILES string of the molecule is C#Cc1cc(CNC(=O)OC(C)(C)C)ccc1N. The summed E-state index contributed by atoms with van der Waals surface area (Å²) in [5.41, 5.74) is 7.24. The summed E-state index contributed by atoms with van der Waals surface area (Å²) < 4.78 is 5.12. The standard InChI is InChI=1S/C14H18N2O2/c1-5-11-8-10(6-7-12(11)15)9-16-13(17)18-14(2,3)4/h1,6-8H,9,15H2,2-4H3,(H,16,17). The summed E-state index contributed by atoms with van der Waals surface area (Å²) in [5.74, 6) is 2.49. The topological polar surface area (TPSA) is 64.3 Å². The number of hydrogen-bond acceptors (Lipinski definition) is 3. The van der Waals surface area contributed by atoms with E-state index in [4.69, 9.17) is 16.9 Å². The maximum Gasteiger partial charge on any atom is 0.407 e. The second kappa shape index (κ2) is 5.46. The normalized spacial score (nSPS) is 10.6. The maximum absolute atomic E-state index is 11.5. The molecule has 4 heteroatoms. The molecule has 0 bridgehead atoms. The molecule has 0 fully saturated rings. The van der Waals surface area contributed by atoms with Crippen molar-refractivity contribution in [2.24, 2.45) is 0 Å². The number of benzene rings is 1. The zero-order valence-electron chi connectivity index (χ0n) is 10.9. The number of nitrogen functional groups attached to an aromatic ring is 1. The third kappa shape index (κ3) is 4.38. The van der Waals surface area contributed by atoms with Crippen molar-refractivity contribution in [1.82, 2.24) is 5.32 Å². The minimum Gasteiger partial charge on any atom is -0.444 e. The summed E-state index contributed by atoms with van der Waals surface area (Å²) in [6, 6.07) is 5.31. The van der Waals surface area contributed by atoms with E-state index in [0.29, 0.717) is 17.8 Å². The van der Waals surface area contributed by atoms with Crippen LogP contribution in [0.15, 0.2) is 18.2 Å². The second-order valence-corrected chi connectivity index (χ2v) is 4.92. The minimum absolute atomic E-state index is 0.351. The van der Waals surface area contributed by atoms with Crippen molar-refractivity contribution in [3.63, 3.8) is 0 Å². The number of hydrogen-bond donors (Lipinski definition) is 2. The molecule has 4 nitrogen and oxygen atoms in total. The molecule has 0 aliphatic heterocycles. The summed E-state index contributed by atoms with van der Waals surface area (Å²) >= 11 is 0. The molecule has 96 valence electrons. The summed E-state index contributed by atoms with van der Waals surface area (Å²) in [4.78, 5) is 11.5. The minimum atomic E-state index is -0.505. The van der Waals surface area contributed by atoms with Crippen molar-refractivity contribution >= 4 is 11.8 Å². The highest BCUT2D eigenvalue weighted by molar-refractivity contribution is 5.67. The van der Waals surface area contributed by atoms with Gasteiger partial charge in [0.25, 0.3) is 0 Å². The molecule has 1 aromatic carbocycles. The van der Waals surface area contributed by atoms with Gasteiger partial charge in [0.15, 0.2) is 0 Å². The predicted molar refractivity (Wildman–Crippen MR) is 71.9 cm³/mol. The van der Waals surface area contributed by atoms with E-state index >= 15 is 0 Å². The van der Waals surface area contributed by atoms with Crippen LogP contribution in [0.1, 0.15) is 31.9 Å². The van der Waals surface area contributed by atoms with Gasteiger partial charge in [0.2, 0.25) is 0 Å². The Morgan fingerprint density at radius 1 is 1.50 bits per heavy atom. The summed E-state index contributed by atoms with van der Waals surface area (Å²) in [6.45, 7) is 5.79. The summed E-state index contributed by atoms with van der Waals surface area (Å²) in [7, 11) is 0. The number of rotatable bonds is 2. The fourth-order valence-electron chi connectivity index (χ4n) is 1.33. The van der Waals surface area contributed by atoms with E-state index in [1.807, 2.05) is 26.8 Å². The fraction of sp³-hybridized carbons (Fsp3) is 0.357. The zero-order chi connectivity index (χ0) is 13.8. The lowest BCUT2D eigenvalue weighted by Crippen LogP contribution is -2.32. The first-order chi connectivity index (χ1) is 8.31. The molecule has 0 aliphatic rings. The molecule has 1 aromatic rings. The highest BCUT2D eigenvalue weighted by Gasteiger charge is 2.15. The molecule has 18 heavy (non-hydrogen) atoms. The van der Waals surface area contributed by atoms with E-state index in [1.54, 1.807) is 12.1 Å². The summed E-state index contributed by atoms with van der Waals surface area (Å²) in [6.07, 6.45) is 4.86. The van der Waals surface area contributed by atoms with Crippen LogP contribution in [-0.2, 0) is 11.3 Å². The van der Waals surface area contributed by atoms with Gasteiger partial charge < -0.3 is 15.8 Å². The fourth-order valence-corrected chi connectivity index (χ4v) is 1.33. The van der Waals surface area contributed by atoms with Crippen LogP contribution in [-0.4, -0.2) is 11.7 Å². The monoisotopic (exact) mass is 246 g/mol. The average molecular weight is 246 g/mol. The number of anilines is 1. The van der Waals surface area contributed by atoms with Gasteiger partial charge in [0.1, 0.15) is 5.60 Å². The van der Waals surface area contributed by atoms with E-state index < -0.39 is 11.7 Å². The number of nitrogens with one attached hydrogen (secondary N) is 1. The maximum atomic E-state index is 11.5. The Labute approximate surface area is 108 Å². The second-order valence-electron chi connectivity index (χ2n) is 4.92. The molecule has 0 saturated heterocycles. The predicted octanol–water partition coefficient (Wildman–Crippen LogP) is 2.27. The lowest BCUT2D eigenvalue weighted by Gasteiger charge is -2.19. The molecule has 0 heterocycles. The Morgan fingerprint density at radius 2 is 2.17 bits per heavy atom. The van der Waals surface area contributed by atoms with Crippen LogP contribution in [0.3, 0.4) is 0 Å². The smallest absolute Gasteiger partial charge is 0.407 e. The van der Waals surface area contributed by atoms with Crippen LogP contribution in [0.2, 0.25) is 0 Å². The number of carbonyl (C=O) groups excluding carboxylic acids is 1. The van der Waals surface area contributed by atoms with Crippen LogP contribution in [0, 0.1) is 12.3 Å². The largest absolute Gasteiger partial charge is 0.444 e. The molecule has 3 N–H and O–H groups in total.